The molecule has 32 heavy (non-hydrogen) atoms. The summed E-state index contributed by atoms with van der Waals surface area (Å²) in [5.41, 5.74) is 1.21. The molecule has 0 spiro atoms. The Kier molecular flexibility index (Phi) is 8.71. The minimum atomic E-state index is -0.0172. The average molecular weight is 438 g/mol. The van der Waals surface area contributed by atoms with Crippen LogP contribution in [0.25, 0.3) is 0 Å². The molecule has 1 aliphatic rings. The predicted octanol–water partition coefficient (Wildman–Crippen LogP) is 1.81. The monoisotopic (exact) mass is 437 g/mol. The van der Waals surface area contributed by atoms with E-state index in [1.807, 2.05) is 30.5 Å². The Bertz CT molecular complexity index is 857. The van der Waals surface area contributed by atoms with E-state index in [-0.39, 0.29) is 18.5 Å². The number of guanidine groups is 1. The third-order valence-electron chi connectivity index (χ3n) is 5.53. The first-order valence-corrected chi connectivity index (χ1v) is 11.2. The van der Waals surface area contributed by atoms with Crippen LogP contribution in [0.3, 0.4) is 0 Å². The van der Waals surface area contributed by atoms with Crippen molar-refractivity contribution in [2.75, 3.05) is 63.7 Å². The van der Waals surface area contributed by atoms with Crippen LogP contribution < -0.4 is 20.4 Å². The van der Waals surface area contributed by atoms with Gasteiger partial charge in [0.05, 0.1) is 0 Å². The molecule has 8 heteroatoms. The Balaban J connectivity index is 1.51. The van der Waals surface area contributed by atoms with Gasteiger partial charge in [-0.05, 0) is 37.1 Å². The van der Waals surface area contributed by atoms with Crippen LogP contribution in [-0.2, 0) is 4.79 Å². The number of para-hydroxylation sites is 1. The number of likely N-dealkylation sites (N-methyl/N-ethyl adjacent to an activating group) is 1. The van der Waals surface area contributed by atoms with Crippen molar-refractivity contribution in [2.24, 2.45) is 4.99 Å². The first-order valence-electron chi connectivity index (χ1n) is 11.2. The SMILES string of the molecule is CN(C)C(=O)CN=C(NCCCN(C)c1ccccc1)NC1CCN(c2ccccn2)C1. The molecule has 1 saturated heterocycles. The van der Waals surface area contributed by atoms with E-state index in [1.165, 1.54) is 5.69 Å². The molecule has 3 rings (SSSR count). The summed E-state index contributed by atoms with van der Waals surface area (Å²) in [5, 5.41) is 6.92. The third-order valence-corrected chi connectivity index (χ3v) is 5.53. The van der Waals surface area contributed by atoms with Crippen LogP contribution in [0.5, 0.6) is 0 Å². The quantitative estimate of drug-likeness (QED) is 0.354. The molecule has 2 N–H and O–H groups in total. The van der Waals surface area contributed by atoms with Gasteiger partial charge in [0.1, 0.15) is 12.4 Å². The molecule has 1 aromatic heterocycles. The minimum Gasteiger partial charge on any atom is -0.375 e. The highest BCUT2D eigenvalue weighted by atomic mass is 16.2. The lowest BCUT2D eigenvalue weighted by atomic mass is 10.2. The van der Waals surface area contributed by atoms with Crippen LogP contribution >= 0.6 is 0 Å². The van der Waals surface area contributed by atoms with Crippen molar-refractivity contribution in [1.82, 2.24) is 20.5 Å². The normalized spacial score (nSPS) is 16.0. The van der Waals surface area contributed by atoms with Gasteiger partial charge in [-0.3, -0.25) is 4.79 Å². The maximum absolute atomic E-state index is 12.0. The minimum absolute atomic E-state index is 0.0172. The largest absolute Gasteiger partial charge is 0.375 e. The molecular weight excluding hydrogens is 402 g/mol. The molecule has 1 aromatic carbocycles. The van der Waals surface area contributed by atoms with Gasteiger partial charge in [0.2, 0.25) is 5.91 Å². The summed E-state index contributed by atoms with van der Waals surface area (Å²) in [4.78, 5) is 27.1. The number of nitrogens with one attached hydrogen (secondary N) is 2. The van der Waals surface area contributed by atoms with Gasteiger partial charge in [-0.1, -0.05) is 24.3 Å². The smallest absolute Gasteiger partial charge is 0.243 e. The number of hydrogen-bond donors (Lipinski definition) is 2. The van der Waals surface area contributed by atoms with Gasteiger partial charge in [0.25, 0.3) is 0 Å². The summed E-state index contributed by atoms with van der Waals surface area (Å²) in [6, 6.07) is 16.6. The molecule has 2 aromatic rings. The van der Waals surface area contributed by atoms with E-state index < -0.39 is 0 Å². The number of anilines is 2. The molecule has 0 saturated carbocycles. The molecular formula is C24H35N7O. The van der Waals surface area contributed by atoms with Crippen LogP contribution in [-0.4, -0.2) is 81.7 Å². The molecule has 172 valence electrons. The second-order valence-electron chi connectivity index (χ2n) is 8.25. The number of carbonyl (C=O) groups is 1. The molecule has 1 aliphatic heterocycles. The third kappa shape index (κ3) is 7.14. The Hall–Kier alpha value is -3.29. The summed E-state index contributed by atoms with van der Waals surface area (Å²) in [5.74, 6) is 1.67. The molecule has 0 aliphatic carbocycles. The zero-order chi connectivity index (χ0) is 22.8. The van der Waals surface area contributed by atoms with E-state index >= 15 is 0 Å². The number of amides is 1. The fourth-order valence-corrected chi connectivity index (χ4v) is 3.60. The molecule has 2 heterocycles. The number of pyridine rings is 1. The maximum atomic E-state index is 12.0. The zero-order valence-corrected chi connectivity index (χ0v) is 19.4. The van der Waals surface area contributed by atoms with Crippen LogP contribution in [0.1, 0.15) is 12.8 Å². The van der Waals surface area contributed by atoms with Crippen molar-refractivity contribution in [3.05, 3.63) is 54.7 Å². The molecule has 1 unspecified atom stereocenters. The van der Waals surface area contributed by atoms with Gasteiger partial charge in [0.15, 0.2) is 5.96 Å². The Labute approximate surface area is 191 Å². The number of rotatable bonds is 9. The predicted molar refractivity (Wildman–Crippen MR) is 131 cm³/mol. The van der Waals surface area contributed by atoms with Gasteiger partial charge in [-0.2, -0.15) is 0 Å². The number of aromatic nitrogens is 1. The van der Waals surface area contributed by atoms with E-state index in [0.29, 0.717) is 5.96 Å². The molecule has 1 fully saturated rings. The van der Waals surface area contributed by atoms with E-state index in [2.05, 4.69) is 61.7 Å². The molecule has 1 amide bonds. The molecule has 1 atom stereocenters. The van der Waals surface area contributed by atoms with E-state index in [1.54, 1.807) is 19.0 Å². The van der Waals surface area contributed by atoms with Gasteiger partial charge in [0, 0.05) is 65.2 Å². The fraction of sp³-hybridized carbons (Fsp3) is 0.458. The summed E-state index contributed by atoms with van der Waals surface area (Å²) in [6.45, 7) is 3.63. The maximum Gasteiger partial charge on any atom is 0.243 e. The van der Waals surface area contributed by atoms with E-state index in [9.17, 15) is 4.79 Å². The second kappa shape index (κ2) is 11.9. The molecule has 0 radical (unpaired) electrons. The Morgan fingerprint density at radius 2 is 1.94 bits per heavy atom. The fourth-order valence-electron chi connectivity index (χ4n) is 3.60. The van der Waals surface area contributed by atoms with Crippen molar-refractivity contribution in [3.8, 4) is 0 Å². The lowest BCUT2D eigenvalue weighted by molar-refractivity contribution is -0.127. The highest BCUT2D eigenvalue weighted by molar-refractivity contribution is 5.85. The van der Waals surface area contributed by atoms with Crippen molar-refractivity contribution in [1.29, 1.82) is 0 Å². The first kappa shape index (κ1) is 23.4. The van der Waals surface area contributed by atoms with E-state index in [4.69, 9.17) is 0 Å². The van der Waals surface area contributed by atoms with Gasteiger partial charge >= 0.3 is 0 Å². The number of benzene rings is 1. The van der Waals surface area contributed by atoms with Crippen molar-refractivity contribution in [3.63, 3.8) is 0 Å². The first-order chi connectivity index (χ1) is 15.5. The van der Waals surface area contributed by atoms with Gasteiger partial charge in [-0.25, -0.2) is 9.98 Å². The summed E-state index contributed by atoms with van der Waals surface area (Å²) < 4.78 is 0. The number of nitrogens with zero attached hydrogens (tertiary/aromatic N) is 5. The number of aliphatic imine (C=N–C) groups is 1. The van der Waals surface area contributed by atoms with E-state index in [0.717, 1.165) is 44.8 Å². The summed E-state index contributed by atoms with van der Waals surface area (Å²) in [7, 11) is 5.60. The zero-order valence-electron chi connectivity index (χ0n) is 19.4. The van der Waals surface area contributed by atoms with Crippen LogP contribution in [0.4, 0.5) is 11.5 Å². The average Bonchev–Trinajstić information content (AvgIpc) is 3.29. The molecule has 0 bridgehead atoms. The molecule has 8 nitrogen and oxygen atoms in total. The Morgan fingerprint density at radius 1 is 1.16 bits per heavy atom. The summed E-state index contributed by atoms with van der Waals surface area (Å²) in [6.07, 6.45) is 3.78. The van der Waals surface area contributed by atoms with Crippen molar-refractivity contribution < 1.29 is 4.79 Å². The highest BCUT2D eigenvalue weighted by Crippen LogP contribution is 2.17. The topological polar surface area (TPSA) is 76.1 Å². The standard InChI is InChI=1S/C24H35N7O/c1-29(2)23(32)18-27-24(26-15-9-16-30(3)21-10-5-4-6-11-21)28-20-13-17-31(19-20)22-12-7-8-14-25-22/h4-8,10-12,14,20H,9,13,15-19H2,1-3H3,(H2,26,27,28). The van der Waals surface area contributed by atoms with Crippen molar-refractivity contribution >= 4 is 23.4 Å². The second-order valence-corrected chi connectivity index (χ2v) is 8.25. The lowest BCUT2D eigenvalue weighted by Gasteiger charge is -2.21. The number of carbonyl (C=O) groups excluding carboxylic acids is 1. The van der Waals surface area contributed by atoms with Gasteiger partial charge in [-0.15, -0.1) is 0 Å². The lowest BCUT2D eigenvalue weighted by Crippen LogP contribution is -2.45. The van der Waals surface area contributed by atoms with Crippen LogP contribution in [0.15, 0.2) is 59.7 Å². The van der Waals surface area contributed by atoms with Crippen molar-refractivity contribution in [2.45, 2.75) is 18.9 Å². The number of hydrogen-bond acceptors (Lipinski definition) is 5. The van der Waals surface area contributed by atoms with Gasteiger partial charge < -0.3 is 25.3 Å². The van der Waals surface area contributed by atoms with Crippen LogP contribution in [0, 0.1) is 0 Å². The highest BCUT2D eigenvalue weighted by Gasteiger charge is 2.24. The Morgan fingerprint density at radius 3 is 2.66 bits per heavy atom. The van der Waals surface area contributed by atoms with Crippen LogP contribution in [0.2, 0.25) is 0 Å². The summed E-state index contributed by atoms with van der Waals surface area (Å²) >= 11 is 0.